The second-order valence-electron chi connectivity index (χ2n) is 8.49. The van der Waals surface area contributed by atoms with Crippen LogP contribution in [0.3, 0.4) is 0 Å². The van der Waals surface area contributed by atoms with Gasteiger partial charge in [-0.15, -0.1) is 11.3 Å². The number of piperidine rings is 1. The second kappa shape index (κ2) is 9.41. The number of carbonyl (C=O) groups is 1. The third kappa shape index (κ3) is 4.78. The fraction of sp³-hybridized carbons (Fsp3) is 0.360. The lowest BCUT2D eigenvalue weighted by atomic mass is 9.87. The van der Waals surface area contributed by atoms with Gasteiger partial charge in [0.05, 0.1) is 0 Å². The maximum absolute atomic E-state index is 12.8. The molecule has 0 aliphatic carbocycles. The third-order valence-electron chi connectivity index (χ3n) is 5.93. The monoisotopic (exact) mass is 454 g/mol. The molecule has 1 unspecified atom stereocenters. The third-order valence-corrected chi connectivity index (χ3v) is 7.26. The number of aromatic nitrogens is 1. The molecule has 1 saturated heterocycles. The van der Waals surface area contributed by atoms with E-state index in [0.29, 0.717) is 16.5 Å². The summed E-state index contributed by atoms with van der Waals surface area (Å²) in [6.07, 6.45) is 5.14. The van der Waals surface area contributed by atoms with E-state index in [4.69, 9.17) is 11.6 Å². The Morgan fingerprint density at radius 3 is 2.52 bits per heavy atom. The number of rotatable bonds is 5. The number of hydrogen-bond acceptors (Lipinski definition) is 3. The molecular formula is C25H27ClN2O2S. The molecule has 4 nitrogen and oxygen atoms in total. The van der Waals surface area contributed by atoms with Gasteiger partial charge in [-0.05, 0) is 59.9 Å². The van der Waals surface area contributed by atoms with Gasteiger partial charge in [-0.1, -0.05) is 37.6 Å². The lowest BCUT2D eigenvalue weighted by Gasteiger charge is -2.26. The Balaban J connectivity index is 1.60. The van der Waals surface area contributed by atoms with E-state index in [1.165, 1.54) is 11.3 Å². The zero-order chi connectivity index (χ0) is 22.0. The van der Waals surface area contributed by atoms with Gasteiger partial charge in [0, 0.05) is 52.3 Å². The van der Waals surface area contributed by atoms with Crippen LogP contribution < -0.4 is 5.56 Å². The van der Waals surface area contributed by atoms with Crippen LogP contribution in [0.1, 0.15) is 59.8 Å². The van der Waals surface area contributed by atoms with Gasteiger partial charge in [0.2, 0.25) is 5.56 Å². The Morgan fingerprint density at radius 1 is 1.10 bits per heavy atom. The van der Waals surface area contributed by atoms with Gasteiger partial charge in [-0.25, -0.2) is 0 Å². The second-order valence-corrected chi connectivity index (χ2v) is 9.84. The first-order valence-electron chi connectivity index (χ1n) is 10.8. The van der Waals surface area contributed by atoms with E-state index in [-0.39, 0.29) is 17.4 Å². The molecule has 0 saturated carbocycles. The zero-order valence-electron chi connectivity index (χ0n) is 17.9. The topological polar surface area (TPSA) is 53.2 Å². The molecule has 2 aromatic heterocycles. The number of aromatic amines is 1. The van der Waals surface area contributed by atoms with Crippen LogP contribution in [0.25, 0.3) is 11.1 Å². The first kappa shape index (κ1) is 21.8. The van der Waals surface area contributed by atoms with Crippen LogP contribution in [-0.4, -0.2) is 28.9 Å². The van der Waals surface area contributed by atoms with Crippen molar-refractivity contribution in [1.29, 1.82) is 0 Å². The Bertz CT molecular complexity index is 1110. The average molecular weight is 455 g/mol. The normalized spacial score (nSPS) is 15.3. The SMILES string of the molecule is CC(C)C(c1ccc(=O)[nH]c1)c1cc(-c2ccc(C(=O)N3CCCCC3)cc2Cl)cs1. The number of hydrogen-bond donors (Lipinski definition) is 1. The summed E-state index contributed by atoms with van der Waals surface area (Å²) in [5.41, 5.74) is 3.64. The lowest BCUT2D eigenvalue weighted by Crippen LogP contribution is -2.35. The Labute approximate surface area is 191 Å². The van der Waals surface area contributed by atoms with Crippen LogP contribution in [0.2, 0.25) is 5.02 Å². The maximum atomic E-state index is 12.8. The number of nitrogens with one attached hydrogen (secondary N) is 1. The summed E-state index contributed by atoms with van der Waals surface area (Å²) >= 11 is 8.32. The highest BCUT2D eigenvalue weighted by atomic mass is 35.5. The van der Waals surface area contributed by atoms with Crippen molar-refractivity contribution in [1.82, 2.24) is 9.88 Å². The quantitative estimate of drug-likeness (QED) is 0.501. The molecule has 6 heteroatoms. The van der Waals surface area contributed by atoms with E-state index >= 15 is 0 Å². The summed E-state index contributed by atoms with van der Waals surface area (Å²) in [6, 6.07) is 11.3. The van der Waals surface area contributed by atoms with Crippen LogP contribution >= 0.6 is 22.9 Å². The number of carbonyl (C=O) groups excluding carboxylic acids is 1. The van der Waals surface area contributed by atoms with E-state index in [1.807, 2.05) is 23.1 Å². The average Bonchev–Trinajstić information content (AvgIpc) is 3.24. The number of nitrogens with zero attached hydrogens (tertiary/aromatic N) is 1. The standard InChI is InChI=1S/C25H27ClN2O2S/c1-16(2)24(18-7-9-23(29)27-14-18)22-13-19(15-31-22)20-8-6-17(12-21(20)26)25(30)28-10-4-3-5-11-28/h6-9,12-16,24H,3-5,10-11H2,1-2H3,(H,27,29). The maximum Gasteiger partial charge on any atom is 0.253 e. The van der Waals surface area contributed by atoms with Gasteiger partial charge in [0.15, 0.2) is 0 Å². The summed E-state index contributed by atoms with van der Waals surface area (Å²) in [7, 11) is 0. The first-order chi connectivity index (χ1) is 14.9. The minimum atomic E-state index is -0.0934. The van der Waals surface area contributed by atoms with Crippen LogP contribution in [0, 0.1) is 5.92 Å². The van der Waals surface area contributed by atoms with E-state index < -0.39 is 0 Å². The summed E-state index contributed by atoms with van der Waals surface area (Å²) in [4.78, 5) is 30.2. The fourth-order valence-electron chi connectivity index (χ4n) is 4.31. The highest BCUT2D eigenvalue weighted by Gasteiger charge is 2.22. The molecule has 1 atom stereocenters. The van der Waals surface area contributed by atoms with Crippen molar-refractivity contribution in [2.24, 2.45) is 5.92 Å². The number of H-pyrrole nitrogens is 1. The number of likely N-dealkylation sites (tertiary alicyclic amines) is 1. The molecule has 162 valence electrons. The molecule has 31 heavy (non-hydrogen) atoms. The van der Waals surface area contributed by atoms with Crippen molar-refractivity contribution in [2.45, 2.75) is 39.0 Å². The van der Waals surface area contributed by atoms with Crippen molar-refractivity contribution in [3.8, 4) is 11.1 Å². The highest BCUT2D eigenvalue weighted by Crippen LogP contribution is 2.39. The van der Waals surface area contributed by atoms with E-state index in [1.54, 1.807) is 29.7 Å². The molecular weight excluding hydrogens is 428 g/mol. The van der Waals surface area contributed by atoms with Crippen LogP contribution in [0.4, 0.5) is 0 Å². The minimum Gasteiger partial charge on any atom is -0.339 e. The van der Waals surface area contributed by atoms with Crippen LogP contribution in [0.5, 0.6) is 0 Å². The summed E-state index contributed by atoms with van der Waals surface area (Å²) in [5, 5.41) is 2.71. The number of pyridine rings is 1. The summed E-state index contributed by atoms with van der Waals surface area (Å²) < 4.78 is 0. The van der Waals surface area contributed by atoms with Gasteiger partial charge in [-0.3, -0.25) is 9.59 Å². The number of amides is 1. The van der Waals surface area contributed by atoms with Crippen molar-refractivity contribution in [2.75, 3.05) is 13.1 Å². The minimum absolute atomic E-state index is 0.0668. The molecule has 3 aromatic rings. The molecule has 1 aliphatic heterocycles. The van der Waals surface area contributed by atoms with E-state index in [2.05, 4.69) is 30.3 Å². The molecule has 0 radical (unpaired) electrons. The van der Waals surface area contributed by atoms with Gasteiger partial charge < -0.3 is 9.88 Å². The predicted molar refractivity (Wildman–Crippen MR) is 128 cm³/mol. The molecule has 4 rings (SSSR count). The van der Waals surface area contributed by atoms with Crippen molar-refractivity contribution in [3.63, 3.8) is 0 Å². The fourth-order valence-corrected chi connectivity index (χ4v) is 5.81. The Kier molecular flexibility index (Phi) is 6.63. The molecule has 1 amide bonds. The molecule has 1 aliphatic rings. The molecule has 3 heterocycles. The number of thiophene rings is 1. The van der Waals surface area contributed by atoms with E-state index in [9.17, 15) is 9.59 Å². The van der Waals surface area contributed by atoms with Crippen molar-refractivity contribution < 1.29 is 4.79 Å². The Morgan fingerprint density at radius 2 is 1.87 bits per heavy atom. The molecule has 1 fully saturated rings. The summed E-state index contributed by atoms with van der Waals surface area (Å²) in [6.45, 7) is 6.02. The molecule has 1 aromatic carbocycles. The number of halogens is 1. The first-order valence-corrected chi connectivity index (χ1v) is 12.1. The molecule has 0 spiro atoms. The Hall–Kier alpha value is -2.37. The molecule has 0 bridgehead atoms. The van der Waals surface area contributed by atoms with Crippen LogP contribution in [0.15, 0.2) is 52.8 Å². The van der Waals surface area contributed by atoms with Gasteiger partial charge in [0.25, 0.3) is 5.91 Å². The zero-order valence-corrected chi connectivity index (χ0v) is 19.4. The summed E-state index contributed by atoms with van der Waals surface area (Å²) in [5.74, 6) is 0.629. The largest absolute Gasteiger partial charge is 0.339 e. The van der Waals surface area contributed by atoms with Gasteiger partial charge in [-0.2, -0.15) is 0 Å². The van der Waals surface area contributed by atoms with Crippen molar-refractivity contribution in [3.05, 3.63) is 79.4 Å². The number of benzene rings is 1. The van der Waals surface area contributed by atoms with Gasteiger partial charge in [0.1, 0.15) is 0 Å². The predicted octanol–water partition coefficient (Wildman–Crippen LogP) is 6.17. The highest BCUT2D eigenvalue weighted by molar-refractivity contribution is 7.10. The van der Waals surface area contributed by atoms with E-state index in [0.717, 1.165) is 42.6 Å². The van der Waals surface area contributed by atoms with Crippen molar-refractivity contribution >= 4 is 28.8 Å². The smallest absolute Gasteiger partial charge is 0.253 e. The lowest BCUT2D eigenvalue weighted by molar-refractivity contribution is 0.0724. The van der Waals surface area contributed by atoms with Crippen LogP contribution in [-0.2, 0) is 0 Å². The molecule has 1 N–H and O–H groups in total. The van der Waals surface area contributed by atoms with Gasteiger partial charge >= 0.3 is 0 Å².